The van der Waals surface area contributed by atoms with Gasteiger partial charge in [0.2, 0.25) is 0 Å². The highest BCUT2D eigenvalue weighted by molar-refractivity contribution is 14.1. The number of benzene rings is 1. The summed E-state index contributed by atoms with van der Waals surface area (Å²) in [6, 6.07) is 7.91. The lowest BCUT2D eigenvalue weighted by Gasteiger charge is -2.05. The van der Waals surface area contributed by atoms with E-state index in [1.54, 1.807) is 0 Å². The largest absolute Gasteiger partial charge is 0.465 e. The number of amides is 1. The highest BCUT2D eigenvalue weighted by atomic mass is 127. The van der Waals surface area contributed by atoms with Gasteiger partial charge in [-0.15, -0.1) is 0 Å². The molecule has 3 N–H and O–H groups in total. The molecule has 0 saturated carbocycles. The fraction of sp³-hybridized carbons (Fsp3) is 0.222. The van der Waals surface area contributed by atoms with Gasteiger partial charge in [-0.3, -0.25) is 0 Å². The molecule has 0 heterocycles. The zero-order chi connectivity index (χ0) is 10.4. The van der Waals surface area contributed by atoms with Gasteiger partial charge in [0.05, 0.1) is 0 Å². The molecule has 0 aliphatic carbocycles. The Morgan fingerprint density at radius 1 is 1.29 bits per heavy atom. The lowest BCUT2D eigenvalue weighted by molar-refractivity contribution is 0.195. The summed E-state index contributed by atoms with van der Waals surface area (Å²) in [5.74, 6) is 0. The highest BCUT2D eigenvalue weighted by Gasteiger charge is 1.93. The van der Waals surface area contributed by atoms with Crippen molar-refractivity contribution in [2.45, 2.75) is 0 Å². The van der Waals surface area contributed by atoms with Gasteiger partial charge >= 0.3 is 6.09 Å². The van der Waals surface area contributed by atoms with Crippen LogP contribution in [0.5, 0.6) is 0 Å². The molecule has 0 spiro atoms. The average Bonchev–Trinajstić information content (AvgIpc) is 2.15. The fourth-order valence-corrected chi connectivity index (χ4v) is 1.30. The number of anilines is 1. The summed E-state index contributed by atoms with van der Waals surface area (Å²) < 4.78 is 1.18. The molecule has 1 aromatic carbocycles. The van der Waals surface area contributed by atoms with Crippen molar-refractivity contribution < 1.29 is 9.90 Å². The average molecular weight is 306 g/mol. The lowest BCUT2D eigenvalue weighted by atomic mass is 10.3. The van der Waals surface area contributed by atoms with Gasteiger partial charge in [0.1, 0.15) is 0 Å². The van der Waals surface area contributed by atoms with Gasteiger partial charge in [0.25, 0.3) is 0 Å². The Balaban J connectivity index is 2.25. The van der Waals surface area contributed by atoms with Crippen LogP contribution in [0, 0.1) is 3.57 Å². The van der Waals surface area contributed by atoms with Crippen LogP contribution < -0.4 is 10.6 Å². The standard InChI is InChI=1S/C9H11IN2O2/c10-7-1-3-8(4-2-7)11-5-6-12-9(13)14/h1-4,11-12H,5-6H2,(H,13,14). The van der Waals surface area contributed by atoms with Crippen molar-refractivity contribution in [1.82, 2.24) is 5.32 Å². The van der Waals surface area contributed by atoms with Crippen LogP contribution in [0.1, 0.15) is 0 Å². The second-order valence-corrected chi connectivity index (χ2v) is 3.91. The van der Waals surface area contributed by atoms with Gasteiger partial charge in [-0.05, 0) is 46.9 Å². The molecule has 0 aliphatic rings. The Morgan fingerprint density at radius 3 is 2.50 bits per heavy atom. The fourth-order valence-electron chi connectivity index (χ4n) is 0.944. The summed E-state index contributed by atoms with van der Waals surface area (Å²) in [5.41, 5.74) is 0.998. The van der Waals surface area contributed by atoms with Crippen molar-refractivity contribution in [1.29, 1.82) is 0 Å². The smallest absolute Gasteiger partial charge is 0.404 e. The maximum Gasteiger partial charge on any atom is 0.404 e. The number of hydrogen-bond donors (Lipinski definition) is 3. The second-order valence-electron chi connectivity index (χ2n) is 2.67. The normalized spacial score (nSPS) is 9.50. The predicted molar refractivity (Wildman–Crippen MR) is 63.7 cm³/mol. The molecule has 0 radical (unpaired) electrons. The lowest BCUT2D eigenvalue weighted by Crippen LogP contribution is -2.26. The maximum atomic E-state index is 10.1. The molecule has 4 nitrogen and oxygen atoms in total. The van der Waals surface area contributed by atoms with Crippen LogP contribution in [-0.4, -0.2) is 24.3 Å². The third-order valence-electron chi connectivity index (χ3n) is 1.57. The van der Waals surface area contributed by atoms with Crippen molar-refractivity contribution >= 4 is 34.4 Å². The molecule has 0 saturated heterocycles. The number of halogens is 1. The minimum absolute atomic E-state index is 0.404. The van der Waals surface area contributed by atoms with Crippen molar-refractivity contribution in [3.05, 3.63) is 27.8 Å². The molecular formula is C9H11IN2O2. The topological polar surface area (TPSA) is 61.4 Å². The minimum atomic E-state index is -0.991. The Morgan fingerprint density at radius 2 is 1.93 bits per heavy atom. The molecule has 76 valence electrons. The van der Waals surface area contributed by atoms with E-state index in [4.69, 9.17) is 5.11 Å². The van der Waals surface area contributed by atoms with E-state index in [2.05, 4.69) is 33.2 Å². The summed E-state index contributed by atoms with van der Waals surface area (Å²) in [6.07, 6.45) is -0.991. The molecule has 0 unspecified atom stereocenters. The Kier molecular flexibility index (Phi) is 4.51. The Hall–Kier alpha value is -0.980. The molecule has 0 atom stereocenters. The van der Waals surface area contributed by atoms with Crippen LogP contribution >= 0.6 is 22.6 Å². The summed E-state index contributed by atoms with van der Waals surface area (Å²) in [7, 11) is 0. The van der Waals surface area contributed by atoms with Crippen LogP contribution in [0.3, 0.4) is 0 Å². The van der Waals surface area contributed by atoms with E-state index >= 15 is 0 Å². The van der Waals surface area contributed by atoms with Crippen molar-refractivity contribution in [2.24, 2.45) is 0 Å². The SMILES string of the molecule is O=C(O)NCCNc1ccc(I)cc1. The molecule has 0 bridgehead atoms. The molecule has 0 fully saturated rings. The summed E-state index contributed by atoms with van der Waals surface area (Å²) in [6.45, 7) is 0.994. The first kappa shape index (κ1) is 11.1. The number of carbonyl (C=O) groups is 1. The van der Waals surface area contributed by atoms with E-state index in [9.17, 15) is 4.79 Å². The quantitative estimate of drug-likeness (QED) is 0.589. The zero-order valence-corrected chi connectivity index (χ0v) is 9.61. The number of rotatable bonds is 4. The number of carboxylic acid groups (broad SMARTS) is 1. The van der Waals surface area contributed by atoms with E-state index < -0.39 is 6.09 Å². The Bertz CT molecular complexity index is 300. The third-order valence-corrected chi connectivity index (χ3v) is 2.29. The molecular weight excluding hydrogens is 295 g/mol. The van der Waals surface area contributed by atoms with Crippen LogP contribution in [0.15, 0.2) is 24.3 Å². The molecule has 1 aromatic rings. The zero-order valence-electron chi connectivity index (χ0n) is 7.46. The van der Waals surface area contributed by atoms with E-state index in [0.29, 0.717) is 13.1 Å². The molecule has 0 aliphatic heterocycles. The van der Waals surface area contributed by atoms with Crippen molar-refractivity contribution in [3.63, 3.8) is 0 Å². The Labute approximate surface area is 95.8 Å². The molecule has 1 rings (SSSR count). The van der Waals surface area contributed by atoms with Crippen molar-refractivity contribution in [2.75, 3.05) is 18.4 Å². The van der Waals surface area contributed by atoms with Gasteiger partial charge in [-0.1, -0.05) is 0 Å². The summed E-state index contributed by atoms with van der Waals surface area (Å²) in [4.78, 5) is 10.1. The first-order valence-electron chi connectivity index (χ1n) is 4.15. The van der Waals surface area contributed by atoms with E-state index in [1.807, 2.05) is 24.3 Å². The monoisotopic (exact) mass is 306 g/mol. The van der Waals surface area contributed by atoms with Gasteiger partial charge in [0, 0.05) is 22.3 Å². The van der Waals surface area contributed by atoms with Gasteiger partial charge in [0.15, 0.2) is 0 Å². The maximum absolute atomic E-state index is 10.1. The van der Waals surface area contributed by atoms with Gasteiger partial charge < -0.3 is 15.7 Å². The van der Waals surface area contributed by atoms with Crippen LogP contribution in [0.4, 0.5) is 10.5 Å². The molecule has 14 heavy (non-hydrogen) atoms. The first-order chi connectivity index (χ1) is 6.68. The third kappa shape index (κ3) is 4.31. The molecule has 1 amide bonds. The first-order valence-corrected chi connectivity index (χ1v) is 5.22. The van der Waals surface area contributed by atoms with E-state index in [1.165, 1.54) is 3.57 Å². The van der Waals surface area contributed by atoms with E-state index in [-0.39, 0.29) is 0 Å². The van der Waals surface area contributed by atoms with Crippen LogP contribution in [0.2, 0.25) is 0 Å². The predicted octanol–water partition coefficient (Wildman–Crippen LogP) is 1.97. The van der Waals surface area contributed by atoms with E-state index in [0.717, 1.165) is 5.69 Å². The van der Waals surface area contributed by atoms with Crippen LogP contribution in [0.25, 0.3) is 0 Å². The van der Waals surface area contributed by atoms with Gasteiger partial charge in [-0.25, -0.2) is 4.79 Å². The second kappa shape index (κ2) is 5.69. The highest BCUT2D eigenvalue weighted by Crippen LogP contribution is 2.10. The number of hydrogen-bond acceptors (Lipinski definition) is 2. The minimum Gasteiger partial charge on any atom is -0.465 e. The molecule has 5 heteroatoms. The van der Waals surface area contributed by atoms with Crippen LogP contribution in [-0.2, 0) is 0 Å². The summed E-state index contributed by atoms with van der Waals surface area (Å²) in [5, 5.41) is 13.7. The molecule has 0 aromatic heterocycles. The number of nitrogens with one attached hydrogen (secondary N) is 2. The van der Waals surface area contributed by atoms with Crippen molar-refractivity contribution in [3.8, 4) is 0 Å². The van der Waals surface area contributed by atoms with Gasteiger partial charge in [-0.2, -0.15) is 0 Å². The summed E-state index contributed by atoms with van der Waals surface area (Å²) >= 11 is 2.23.